The van der Waals surface area contributed by atoms with Crippen LogP contribution in [0.25, 0.3) is 49.5 Å². The van der Waals surface area contributed by atoms with E-state index in [1.54, 1.807) is 0 Å². The Kier molecular flexibility index (Phi) is 12.1. The van der Waals surface area contributed by atoms with Crippen LogP contribution in [0.2, 0.25) is 0 Å². The van der Waals surface area contributed by atoms with Crippen LogP contribution in [-0.4, -0.2) is 94.9 Å². The topological polar surface area (TPSA) is 158 Å². The van der Waals surface area contributed by atoms with E-state index >= 15 is 0 Å². The van der Waals surface area contributed by atoms with Crippen LogP contribution in [0.1, 0.15) is 77.2 Å². The molecule has 3 aliphatic rings. The van der Waals surface area contributed by atoms with Crippen LogP contribution in [0.4, 0.5) is 9.59 Å². The van der Waals surface area contributed by atoms with Crippen molar-refractivity contribution in [1.29, 1.82) is 0 Å². The maximum Gasteiger partial charge on any atom is 0.407 e. The minimum absolute atomic E-state index is 0.0847. The van der Waals surface area contributed by atoms with Crippen LogP contribution >= 0.6 is 0 Å². The van der Waals surface area contributed by atoms with Crippen LogP contribution < -0.4 is 10.6 Å². The fourth-order valence-corrected chi connectivity index (χ4v) is 9.15. The summed E-state index contributed by atoms with van der Waals surface area (Å²) >= 11 is 0. The summed E-state index contributed by atoms with van der Waals surface area (Å²) in [7, 11) is 2.60. The highest BCUT2D eigenvalue weighted by atomic mass is 16.5. The van der Waals surface area contributed by atoms with Gasteiger partial charge < -0.3 is 34.9 Å². The number of methoxy groups -OCH3 is 2. The Morgan fingerprint density at radius 2 is 1.13 bits per heavy atom. The number of carbonyl (C=O) groups is 4. The largest absolute Gasteiger partial charge is 0.453 e. The number of fused-ring (bicyclic) bond motifs is 2. The molecule has 0 aliphatic carbocycles. The molecule has 62 heavy (non-hydrogen) atoms. The molecule has 8 rings (SSSR count). The number of hydrogen-bond donors (Lipinski definition) is 3. The quantitative estimate of drug-likeness (QED) is 0.120. The molecule has 4 heterocycles. The number of nitrogens with one attached hydrogen (secondary N) is 3. The Morgan fingerprint density at radius 3 is 1.66 bits per heavy atom. The first-order valence-corrected chi connectivity index (χ1v) is 21.6. The van der Waals surface area contributed by atoms with Crippen molar-refractivity contribution < 1.29 is 28.7 Å². The van der Waals surface area contributed by atoms with Crippen LogP contribution in [0, 0.1) is 11.8 Å². The van der Waals surface area contributed by atoms with Crippen molar-refractivity contribution in [3.05, 3.63) is 96.6 Å². The second-order valence-electron chi connectivity index (χ2n) is 17.3. The van der Waals surface area contributed by atoms with Crippen molar-refractivity contribution in [3.63, 3.8) is 0 Å². The van der Waals surface area contributed by atoms with Gasteiger partial charge in [-0.25, -0.2) is 14.6 Å². The highest BCUT2D eigenvalue weighted by Crippen LogP contribution is 2.36. The first-order valence-electron chi connectivity index (χ1n) is 21.6. The average molecular weight is 838 g/mol. The fourth-order valence-electron chi connectivity index (χ4n) is 9.15. The molecule has 5 aromatic rings. The number of hydrogen-bond acceptors (Lipinski definition) is 8. The van der Waals surface area contributed by atoms with E-state index < -0.39 is 24.3 Å². The second kappa shape index (κ2) is 17.8. The lowest BCUT2D eigenvalue weighted by molar-refractivity contribution is -0.135. The maximum atomic E-state index is 13.6. The van der Waals surface area contributed by atoms with Crippen molar-refractivity contribution >= 4 is 56.8 Å². The van der Waals surface area contributed by atoms with E-state index in [2.05, 4.69) is 88.4 Å². The number of amides is 4. The van der Waals surface area contributed by atoms with Crippen molar-refractivity contribution in [2.24, 2.45) is 16.8 Å². The average Bonchev–Trinajstić information content (AvgIpc) is 4.13. The predicted octanol–water partition coefficient (Wildman–Crippen LogP) is 8.65. The van der Waals surface area contributed by atoms with E-state index in [4.69, 9.17) is 19.5 Å². The Bertz CT molecular complexity index is 2590. The van der Waals surface area contributed by atoms with Gasteiger partial charge in [-0.3, -0.25) is 14.6 Å². The van der Waals surface area contributed by atoms with E-state index in [0.717, 1.165) is 92.3 Å². The number of nitrogens with zero attached hydrogens (tertiary/aromatic N) is 4. The van der Waals surface area contributed by atoms with Crippen molar-refractivity contribution in [3.8, 4) is 22.4 Å². The molecule has 0 spiro atoms. The van der Waals surface area contributed by atoms with Gasteiger partial charge in [0.2, 0.25) is 11.8 Å². The number of H-pyrrole nitrogens is 1. The summed E-state index contributed by atoms with van der Waals surface area (Å²) in [6.07, 6.45) is 6.59. The van der Waals surface area contributed by atoms with E-state index in [1.165, 1.54) is 14.2 Å². The summed E-state index contributed by atoms with van der Waals surface area (Å²) in [5, 5.41) is 9.95. The summed E-state index contributed by atoms with van der Waals surface area (Å²) in [5.41, 5.74) is 7.36. The van der Waals surface area contributed by atoms with Gasteiger partial charge in [-0.2, -0.15) is 0 Å². The zero-order chi connectivity index (χ0) is 43.7. The molecule has 4 atom stereocenters. The summed E-state index contributed by atoms with van der Waals surface area (Å²) in [5.74, 6) is 0.320. The van der Waals surface area contributed by atoms with E-state index in [0.29, 0.717) is 19.5 Å². The minimum atomic E-state index is -0.686. The second-order valence-corrected chi connectivity index (χ2v) is 17.3. The third kappa shape index (κ3) is 8.53. The smallest absolute Gasteiger partial charge is 0.407 e. The van der Waals surface area contributed by atoms with Crippen LogP contribution in [-0.2, 0) is 19.1 Å². The Labute approximate surface area is 362 Å². The SMILES string of the molecule is COC(=O)N[C@H](C(=O)N1CCC[C@H]1C1=NC=C(c2ccc3cc(-c4ccc5cc(-c6cnc([C@@H]7CCCN7C(=O)[C@@H](NC(=O)OC)C(C)C)[nH]6)ccc5c4)ccc3c2)C1)C(C)C. The first kappa shape index (κ1) is 42.2. The van der Waals surface area contributed by atoms with Crippen LogP contribution in [0.3, 0.4) is 0 Å². The molecule has 4 aromatic carbocycles. The zero-order valence-electron chi connectivity index (χ0n) is 36.2. The lowest BCUT2D eigenvalue weighted by atomic mass is 9.94. The number of aromatic nitrogens is 2. The van der Waals surface area contributed by atoms with E-state index in [1.807, 2.05) is 49.9 Å². The molecule has 2 saturated heterocycles. The third-order valence-corrected chi connectivity index (χ3v) is 12.6. The highest BCUT2D eigenvalue weighted by molar-refractivity contribution is 6.04. The van der Waals surface area contributed by atoms with Gasteiger partial charge in [0.25, 0.3) is 0 Å². The molecular weight excluding hydrogens is 783 g/mol. The summed E-state index contributed by atoms with van der Waals surface area (Å²) in [4.78, 5) is 68.0. The molecule has 3 aliphatic heterocycles. The number of benzene rings is 4. The Balaban J connectivity index is 0.931. The van der Waals surface area contributed by atoms with Gasteiger partial charge in [0.05, 0.1) is 38.2 Å². The fraction of sp³-hybridized carbons (Fsp3) is 0.388. The van der Waals surface area contributed by atoms with Crippen molar-refractivity contribution in [1.82, 2.24) is 30.4 Å². The lowest BCUT2D eigenvalue weighted by Crippen LogP contribution is -2.53. The van der Waals surface area contributed by atoms with Crippen molar-refractivity contribution in [2.45, 2.75) is 84.0 Å². The van der Waals surface area contributed by atoms with E-state index in [-0.39, 0.29) is 35.7 Å². The highest BCUT2D eigenvalue weighted by Gasteiger charge is 2.39. The number of alkyl carbamates (subject to hydrolysis) is 2. The first-order chi connectivity index (χ1) is 29.9. The molecular formula is C49H55N7O6. The van der Waals surface area contributed by atoms with Gasteiger partial charge in [0, 0.05) is 37.0 Å². The normalized spacial score (nSPS) is 18.6. The summed E-state index contributed by atoms with van der Waals surface area (Å²) < 4.78 is 9.57. The molecule has 3 N–H and O–H groups in total. The van der Waals surface area contributed by atoms with Gasteiger partial charge >= 0.3 is 12.2 Å². The molecule has 4 amide bonds. The van der Waals surface area contributed by atoms with Gasteiger partial charge in [-0.15, -0.1) is 0 Å². The molecule has 0 radical (unpaired) electrons. The van der Waals surface area contributed by atoms with Gasteiger partial charge in [0.1, 0.15) is 17.9 Å². The molecule has 322 valence electrons. The van der Waals surface area contributed by atoms with Crippen LogP contribution in [0.5, 0.6) is 0 Å². The summed E-state index contributed by atoms with van der Waals surface area (Å²) in [6, 6.07) is 24.4. The van der Waals surface area contributed by atoms with Gasteiger partial charge in [-0.1, -0.05) is 76.2 Å². The monoisotopic (exact) mass is 837 g/mol. The Morgan fingerprint density at radius 1 is 0.661 bits per heavy atom. The van der Waals surface area contributed by atoms with Gasteiger partial charge in [-0.05, 0) is 106 Å². The molecule has 0 bridgehead atoms. The number of allylic oxidation sites excluding steroid dienone is 1. The number of aromatic amines is 1. The number of imidazole rings is 1. The molecule has 0 unspecified atom stereocenters. The molecule has 2 fully saturated rings. The minimum Gasteiger partial charge on any atom is -0.453 e. The van der Waals surface area contributed by atoms with Gasteiger partial charge in [0.15, 0.2) is 0 Å². The Hall–Kier alpha value is -6.50. The van der Waals surface area contributed by atoms with Crippen molar-refractivity contribution in [2.75, 3.05) is 27.3 Å². The molecule has 1 aromatic heterocycles. The molecule has 13 heteroatoms. The van der Waals surface area contributed by atoms with E-state index in [9.17, 15) is 19.2 Å². The lowest BCUT2D eigenvalue weighted by Gasteiger charge is -2.31. The number of aliphatic imine (C=N–C) groups is 1. The molecule has 13 nitrogen and oxygen atoms in total. The number of ether oxygens (including phenoxy) is 2. The molecule has 0 saturated carbocycles. The number of likely N-dealkylation sites (tertiary alicyclic amines) is 2. The summed E-state index contributed by atoms with van der Waals surface area (Å²) in [6.45, 7) is 8.90. The maximum absolute atomic E-state index is 13.6. The standard InChI is InChI=1S/C49H55N7O6/c1-28(2)43(53-48(59)61-5)46(57)55-19-7-9-41(55)39-25-38(26-50-39)36-16-15-32-21-30(11-12-33(32)23-36)31-13-14-35-24-37(18-17-34(35)22-31)40-27-51-45(52-40)42-10-8-20-56(42)47(58)44(29(3)4)54-49(60)62-6/h11-18,21-24,26-29,41-44H,7-10,19-20,25H2,1-6H3,(H,51,52)(H,53,59)(H,54,60)/t41-,42-,43-,44-/m0/s1. The third-order valence-electron chi connectivity index (χ3n) is 12.6. The zero-order valence-corrected chi connectivity index (χ0v) is 36.2. The number of carbonyl (C=O) groups excluding carboxylic acids is 4. The van der Waals surface area contributed by atoms with Crippen LogP contribution in [0.15, 0.2) is 90.2 Å². The number of rotatable bonds is 11. The predicted molar refractivity (Wildman–Crippen MR) is 241 cm³/mol.